The highest BCUT2D eigenvalue weighted by Gasteiger charge is 2.20. The van der Waals surface area contributed by atoms with Gasteiger partial charge >= 0.3 is 0 Å². The highest BCUT2D eigenvalue weighted by Crippen LogP contribution is 2.16. The van der Waals surface area contributed by atoms with Crippen molar-refractivity contribution in [2.45, 2.75) is 18.7 Å². The lowest BCUT2D eigenvalue weighted by Crippen LogP contribution is -2.29. The molecule has 1 atom stereocenters. The van der Waals surface area contributed by atoms with E-state index in [1.54, 1.807) is 42.8 Å². The Hall–Kier alpha value is -1.93. The van der Waals surface area contributed by atoms with Crippen molar-refractivity contribution in [3.63, 3.8) is 0 Å². The van der Waals surface area contributed by atoms with Crippen molar-refractivity contribution in [1.82, 2.24) is 19.5 Å². The summed E-state index contributed by atoms with van der Waals surface area (Å²) in [5.41, 5.74) is 6.80. The maximum atomic E-state index is 12.1. The Morgan fingerprint density at radius 3 is 2.70 bits per heavy atom. The molecule has 8 heteroatoms. The largest absolute Gasteiger partial charge is 0.398 e. The molecule has 1 aromatic carbocycles. The minimum absolute atomic E-state index is 0.165. The number of nitrogens with two attached hydrogens (primary N) is 1. The number of nitrogens with one attached hydrogen (secondary N) is 1. The minimum Gasteiger partial charge on any atom is -0.398 e. The number of nitrogen functional groups attached to an aromatic ring is 1. The molecular formula is C12H17N5O2S. The van der Waals surface area contributed by atoms with Crippen LogP contribution in [0.2, 0.25) is 0 Å². The van der Waals surface area contributed by atoms with Gasteiger partial charge in [0, 0.05) is 12.7 Å². The van der Waals surface area contributed by atoms with Crippen LogP contribution in [0.25, 0.3) is 0 Å². The lowest BCUT2D eigenvalue weighted by Gasteiger charge is -2.14. The van der Waals surface area contributed by atoms with Gasteiger partial charge < -0.3 is 10.3 Å². The molecule has 0 fully saturated rings. The van der Waals surface area contributed by atoms with Crippen LogP contribution in [-0.4, -0.2) is 23.2 Å². The van der Waals surface area contributed by atoms with E-state index in [-0.39, 0.29) is 5.75 Å². The minimum atomic E-state index is -3.51. The van der Waals surface area contributed by atoms with Crippen LogP contribution in [0, 0.1) is 0 Å². The van der Waals surface area contributed by atoms with Crippen molar-refractivity contribution >= 4 is 15.7 Å². The zero-order valence-corrected chi connectivity index (χ0v) is 12.1. The third kappa shape index (κ3) is 3.34. The van der Waals surface area contributed by atoms with Crippen LogP contribution in [0.3, 0.4) is 0 Å². The van der Waals surface area contributed by atoms with Crippen molar-refractivity contribution < 1.29 is 8.42 Å². The monoisotopic (exact) mass is 295 g/mol. The third-order valence-electron chi connectivity index (χ3n) is 2.89. The molecule has 3 N–H and O–H groups in total. The van der Waals surface area contributed by atoms with Crippen molar-refractivity contribution in [3.05, 3.63) is 42.0 Å². The van der Waals surface area contributed by atoms with Gasteiger partial charge in [0.25, 0.3) is 0 Å². The SMILES string of the molecule is CC(NS(=O)(=O)Cc1ccccc1N)c1nncn1C. The molecular weight excluding hydrogens is 278 g/mol. The van der Waals surface area contributed by atoms with Crippen LogP contribution in [0.4, 0.5) is 5.69 Å². The third-order valence-corrected chi connectivity index (χ3v) is 4.29. The number of hydrogen-bond donors (Lipinski definition) is 2. The summed E-state index contributed by atoms with van der Waals surface area (Å²) in [4.78, 5) is 0. The Labute approximate surface area is 117 Å². The van der Waals surface area contributed by atoms with Crippen molar-refractivity contribution in [2.24, 2.45) is 7.05 Å². The van der Waals surface area contributed by atoms with E-state index in [2.05, 4.69) is 14.9 Å². The quantitative estimate of drug-likeness (QED) is 0.785. The summed E-state index contributed by atoms with van der Waals surface area (Å²) in [6.07, 6.45) is 1.52. The second kappa shape index (κ2) is 5.59. The van der Waals surface area contributed by atoms with Crippen molar-refractivity contribution in [2.75, 3.05) is 5.73 Å². The maximum Gasteiger partial charge on any atom is 0.216 e. The van der Waals surface area contributed by atoms with Gasteiger partial charge in [-0.2, -0.15) is 0 Å². The van der Waals surface area contributed by atoms with Gasteiger partial charge in [0.05, 0.1) is 11.8 Å². The first-order chi connectivity index (χ1) is 9.39. The molecule has 0 radical (unpaired) electrons. The molecule has 0 saturated heterocycles. The Bertz CT molecular complexity index is 695. The van der Waals surface area contributed by atoms with Gasteiger partial charge in [-0.25, -0.2) is 13.1 Å². The molecule has 7 nitrogen and oxygen atoms in total. The van der Waals surface area contributed by atoms with Crippen LogP contribution in [0.15, 0.2) is 30.6 Å². The highest BCUT2D eigenvalue weighted by molar-refractivity contribution is 7.88. The Morgan fingerprint density at radius 1 is 1.40 bits per heavy atom. The summed E-state index contributed by atoms with van der Waals surface area (Å²) < 4.78 is 28.5. The van der Waals surface area contributed by atoms with Gasteiger partial charge in [0.15, 0.2) is 0 Å². The standard InChI is InChI=1S/C12H17N5O2S/c1-9(12-15-14-8-17(12)2)16-20(18,19)7-10-5-3-4-6-11(10)13/h3-6,8-9,16H,7,13H2,1-2H3. The molecule has 2 rings (SSSR count). The van der Waals surface area contributed by atoms with Crippen LogP contribution in [0.1, 0.15) is 24.4 Å². The van der Waals surface area contributed by atoms with E-state index in [0.29, 0.717) is 17.1 Å². The van der Waals surface area contributed by atoms with E-state index < -0.39 is 16.1 Å². The molecule has 1 aromatic heterocycles. The van der Waals surface area contributed by atoms with E-state index in [0.717, 1.165) is 0 Å². The van der Waals surface area contributed by atoms with Gasteiger partial charge in [-0.1, -0.05) is 18.2 Å². The summed E-state index contributed by atoms with van der Waals surface area (Å²) in [5.74, 6) is 0.386. The summed E-state index contributed by atoms with van der Waals surface area (Å²) in [6, 6.07) is 6.44. The number of benzene rings is 1. The fourth-order valence-electron chi connectivity index (χ4n) is 1.92. The Balaban J connectivity index is 2.12. The average Bonchev–Trinajstić information content (AvgIpc) is 2.78. The fourth-order valence-corrected chi connectivity index (χ4v) is 3.32. The van der Waals surface area contributed by atoms with E-state index >= 15 is 0 Å². The molecule has 0 spiro atoms. The molecule has 0 amide bonds. The van der Waals surface area contributed by atoms with Crippen LogP contribution in [-0.2, 0) is 22.8 Å². The Kier molecular flexibility index (Phi) is 4.05. The number of aryl methyl sites for hydroxylation is 1. The van der Waals surface area contributed by atoms with Crippen LogP contribution >= 0.6 is 0 Å². The molecule has 108 valence electrons. The topological polar surface area (TPSA) is 103 Å². The predicted molar refractivity (Wildman–Crippen MR) is 76.0 cm³/mol. The second-order valence-corrected chi connectivity index (χ2v) is 6.35. The van der Waals surface area contributed by atoms with E-state index in [4.69, 9.17) is 5.73 Å². The van der Waals surface area contributed by atoms with E-state index in [1.165, 1.54) is 6.33 Å². The van der Waals surface area contributed by atoms with Gasteiger partial charge in [-0.15, -0.1) is 10.2 Å². The molecule has 0 aliphatic rings. The predicted octanol–water partition coefficient (Wildman–Crippen LogP) is 0.578. The average molecular weight is 295 g/mol. The summed E-state index contributed by atoms with van der Waals surface area (Å²) in [6.45, 7) is 1.72. The maximum absolute atomic E-state index is 12.1. The summed E-state index contributed by atoms with van der Waals surface area (Å²) in [5, 5.41) is 7.61. The number of rotatable bonds is 5. The van der Waals surface area contributed by atoms with Gasteiger partial charge in [0.1, 0.15) is 12.2 Å². The molecule has 1 unspecified atom stereocenters. The smallest absolute Gasteiger partial charge is 0.216 e. The molecule has 0 aliphatic carbocycles. The van der Waals surface area contributed by atoms with Gasteiger partial charge in [-0.05, 0) is 18.6 Å². The van der Waals surface area contributed by atoms with E-state index in [1.807, 2.05) is 0 Å². The lowest BCUT2D eigenvalue weighted by atomic mass is 10.2. The number of sulfonamides is 1. The zero-order valence-electron chi connectivity index (χ0n) is 11.3. The number of nitrogens with zero attached hydrogens (tertiary/aromatic N) is 3. The van der Waals surface area contributed by atoms with Crippen LogP contribution in [0.5, 0.6) is 0 Å². The first kappa shape index (κ1) is 14.5. The zero-order chi connectivity index (χ0) is 14.8. The number of anilines is 1. The highest BCUT2D eigenvalue weighted by atomic mass is 32.2. The summed E-state index contributed by atoms with van der Waals surface area (Å²) in [7, 11) is -1.75. The molecule has 0 saturated carbocycles. The van der Waals surface area contributed by atoms with Crippen molar-refractivity contribution in [3.8, 4) is 0 Å². The fraction of sp³-hybridized carbons (Fsp3) is 0.333. The Morgan fingerprint density at radius 2 is 2.10 bits per heavy atom. The van der Waals surface area contributed by atoms with E-state index in [9.17, 15) is 8.42 Å². The second-order valence-electron chi connectivity index (χ2n) is 4.60. The van der Waals surface area contributed by atoms with Gasteiger partial charge in [0.2, 0.25) is 10.0 Å². The molecule has 0 aliphatic heterocycles. The number of aromatic nitrogens is 3. The lowest BCUT2D eigenvalue weighted by molar-refractivity contribution is 0.552. The normalized spacial score (nSPS) is 13.3. The summed E-state index contributed by atoms with van der Waals surface area (Å²) >= 11 is 0. The number of para-hydroxylation sites is 1. The van der Waals surface area contributed by atoms with Crippen LogP contribution < -0.4 is 10.5 Å². The molecule has 20 heavy (non-hydrogen) atoms. The first-order valence-corrected chi connectivity index (χ1v) is 7.71. The molecule has 2 aromatic rings. The molecule has 0 bridgehead atoms. The number of hydrogen-bond acceptors (Lipinski definition) is 5. The van der Waals surface area contributed by atoms with Gasteiger partial charge in [-0.3, -0.25) is 0 Å². The molecule has 1 heterocycles. The van der Waals surface area contributed by atoms with Crippen molar-refractivity contribution in [1.29, 1.82) is 0 Å². The first-order valence-electron chi connectivity index (χ1n) is 6.06.